The van der Waals surface area contributed by atoms with Crippen molar-refractivity contribution in [3.8, 4) is 11.4 Å². The van der Waals surface area contributed by atoms with Crippen molar-refractivity contribution < 1.29 is 9.13 Å². The number of halogens is 3. The van der Waals surface area contributed by atoms with Crippen LogP contribution < -0.4 is 10.3 Å². The Morgan fingerprint density at radius 3 is 2.58 bits per heavy atom. The summed E-state index contributed by atoms with van der Waals surface area (Å²) in [6.45, 7) is 1.83. The van der Waals surface area contributed by atoms with E-state index in [-0.39, 0.29) is 21.2 Å². The van der Waals surface area contributed by atoms with E-state index in [9.17, 15) is 9.18 Å². The molecule has 0 aliphatic carbocycles. The van der Waals surface area contributed by atoms with Gasteiger partial charge in [-0.3, -0.25) is 9.36 Å². The number of rotatable bonds is 2. The van der Waals surface area contributed by atoms with Crippen molar-refractivity contribution >= 4 is 46.3 Å². The van der Waals surface area contributed by atoms with Crippen LogP contribution in [0.2, 0.25) is 10.0 Å². The summed E-state index contributed by atoms with van der Waals surface area (Å²) in [5, 5.41) is 0.838. The van der Waals surface area contributed by atoms with Crippen molar-refractivity contribution in [1.29, 1.82) is 0 Å². The molecule has 0 atom stereocenters. The van der Waals surface area contributed by atoms with Gasteiger partial charge < -0.3 is 9.72 Å². The summed E-state index contributed by atoms with van der Waals surface area (Å²) < 4.78 is 20.0. The molecule has 4 nitrogen and oxygen atoms in total. The Kier molecular flexibility index (Phi) is 4.38. The summed E-state index contributed by atoms with van der Waals surface area (Å²) in [5.74, 6) is -0.675. The van der Waals surface area contributed by atoms with Crippen LogP contribution in [0.5, 0.6) is 5.75 Å². The van der Waals surface area contributed by atoms with Crippen molar-refractivity contribution in [3.05, 3.63) is 60.8 Å². The Hall–Kier alpha value is -1.89. The first-order valence-corrected chi connectivity index (χ1v) is 7.98. The Balaban J connectivity index is 2.42. The highest BCUT2D eigenvalue weighted by molar-refractivity contribution is 7.71. The molecular formula is C16H11Cl2FN2O2S. The van der Waals surface area contributed by atoms with Crippen LogP contribution in [0.15, 0.2) is 29.1 Å². The molecule has 0 saturated heterocycles. The SMILES string of the molecule is COc1cc(-n2c(=S)[nH]c3cc(C)c(Cl)cc3c2=O)c(Cl)cc1F. The number of aromatic amines is 1. The van der Waals surface area contributed by atoms with Crippen LogP contribution in [-0.2, 0) is 0 Å². The molecule has 1 N–H and O–H groups in total. The standard InChI is InChI=1S/C16H11Cl2FN2O2S/c1-7-3-12-8(4-9(7)17)15(22)21(16(24)20-12)13-6-14(23-2)11(19)5-10(13)18/h3-6H,1-2H3,(H,20,24). The predicted molar refractivity (Wildman–Crippen MR) is 96.0 cm³/mol. The zero-order valence-corrected chi connectivity index (χ0v) is 14.9. The van der Waals surface area contributed by atoms with Crippen molar-refractivity contribution in [1.82, 2.24) is 9.55 Å². The van der Waals surface area contributed by atoms with E-state index >= 15 is 0 Å². The monoisotopic (exact) mass is 384 g/mol. The number of hydrogen-bond donors (Lipinski definition) is 1. The molecule has 24 heavy (non-hydrogen) atoms. The number of fused-ring (bicyclic) bond motifs is 1. The lowest BCUT2D eigenvalue weighted by atomic mass is 10.1. The summed E-state index contributed by atoms with van der Waals surface area (Å²) in [4.78, 5) is 15.8. The third kappa shape index (κ3) is 2.70. The topological polar surface area (TPSA) is 47.0 Å². The minimum absolute atomic E-state index is 0.0347. The van der Waals surface area contributed by atoms with Crippen LogP contribution >= 0.6 is 35.4 Å². The molecule has 3 aromatic rings. The third-order valence-corrected chi connectivity index (χ3v) is 4.63. The summed E-state index contributed by atoms with van der Waals surface area (Å²) in [6, 6.07) is 5.70. The molecule has 124 valence electrons. The van der Waals surface area contributed by atoms with Gasteiger partial charge in [-0.1, -0.05) is 23.2 Å². The minimum Gasteiger partial charge on any atom is -0.494 e. The van der Waals surface area contributed by atoms with Gasteiger partial charge in [-0.2, -0.15) is 0 Å². The number of nitrogens with one attached hydrogen (secondary N) is 1. The van der Waals surface area contributed by atoms with Crippen LogP contribution in [0, 0.1) is 17.5 Å². The quantitative estimate of drug-likeness (QED) is 0.644. The summed E-state index contributed by atoms with van der Waals surface area (Å²) in [7, 11) is 1.32. The van der Waals surface area contributed by atoms with E-state index < -0.39 is 11.4 Å². The van der Waals surface area contributed by atoms with Gasteiger partial charge >= 0.3 is 0 Å². The summed E-state index contributed by atoms with van der Waals surface area (Å²) in [6.07, 6.45) is 0. The maximum atomic E-state index is 13.7. The fraction of sp³-hybridized carbons (Fsp3) is 0.125. The number of ether oxygens (including phenoxy) is 1. The summed E-state index contributed by atoms with van der Waals surface area (Å²) >= 11 is 17.5. The van der Waals surface area contributed by atoms with Crippen molar-refractivity contribution in [2.45, 2.75) is 6.92 Å². The van der Waals surface area contributed by atoms with Gasteiger partial charge in [-0.25, -0.2) is 4.39 Å². The Bertz CT molecular complexity index is 1090. The highest BCUT2D eigenvalue weighted by Crippen LogP contribution is 2.29. The first-order chi connectivity index (χ1) is 11.3. The molecule has 0 amide bonds. The molecule has 1 heterocycles. The first kappa shape index (κ1) is 17.0. The first-order valence-electron chi connectivity index (χ1n) is 6.82. The maximum Gasteiger partial charge on any atom is 0.266 e. The molecule has 0 spiro atoms. The molecule has 0 unspecified atom stereocenters. The van der Waals surface area contributed by atoms with Crippen molar-refractivity contribution in [2.75, 3.05) is 7.11 Å². The number of aromatic nitrogens is 2. The second-order valence-electron chi connectivity index (χ2n) is 5.16. The molecule has 0 aliphatic heterocycles. The highest BCUT2D eigenvalue weighted by atomic mass is 35.5. The largest absolute Gasteiger partial charge is 0.494 e. The van der Waals surface area contributed by atoms with Crippen molar-refractivity contribution in [2.24, 2.45) is 0 Å². The third-order valence-electron chi connectivity index (χ3n) is 3.64. The van der Waals surface area contributed by atoms with Crippen molar-refractivity contribution in [3.63, 3.8) is 0 Å². The van der Waals surface area contributed by atoms with E-state index in [1.54, 1.807) is 12.1 Å². The van der Waals surface area contributed by atoms with Gasteiger partial charge in [0.25, 0.3) is 5.56 Å². The maximum absolute atomic E-state index is 13.7. The molecule has 0 radical (unpaired) electrons. The number of aryl methyl sites for hydroxylation is 1. The van der Waals surface area contributed by atoms with Gasteiger partial charge in [-0.15, -0.1) is 0 Å². The number of H-pyrrole nitrogens is 1. The predicted octanol–water partition coefficient (Wildman–Crippen LogP) is 4.81. The zero-order chi connectivity index (χ0) is 17.6. The smallest absolute Gasteiger partial charge is 0.266 e. The van der Waals surface area contributed by atoms with Gasteiger partial charge in [0.05, 0.1) is 28.7 Å². The van der Waals surface area contributed by atoms with Gasteiger partial charge in [0.1, 0.15) is 0 Å². The van der Waals surface area contributed by atoms with Crippen LogP contribution in [-0.4, -0.2) is 16.7 Å². The molecule has 8 heteroatoms. The molecule has 0 aliphatic rings. The van der Waals surface area contributed by atoms with E-state index in [0.29, 0.717) is 15.9 Å². The summed E-state index contributed by atoms with van der Waals surface area (Å²) in [5.41, 5.74) is 1.19. The van der Waals surface area contributed by atoms with Gasteiger partial charge in [0.2, 0.25) is 0 Å². The molecule has 0 fully saturated rings. The van der Waals surface area contributed by atoms with Crippen LogP contribution in [0.4, 0.5) is 4.39 Å². The normalized spacial score (nSPS) is 11.0. The molecule has 2 aromatic carbocycles. The van der Waals surface area contributed by atoms with Crippen LogP contribution in [0.3, 0.4) is 0 Å². The zero-order valence-electron chi connectivity index (χ0n) is 12.6. The Labute approximate surface area is 151 Å². The van der Waals surface area contributed by atoms with Gasteiger partial charge in [0.15, 0.2) is 16.3 Å². The van der Waals surface area contributed by atoms with Gasteiger partial charge in [-0.05, 0) is 42.9 Å². The average molecular weight is 385 g/mol. The lowest BCUT2D eigenvalue weighted by Crippen LogP contribution is -2.21. The molecule has 1 aromatic heterocycles. The number of methoxy groups -OCH3 is 1. The number of nitrogens with zero attached hydrogens (tertiary/aromatic N) is 1. The number of benzene rings is 2. The lowest BCUT2D eigenvalue weighted by molar-refractivity contribution is 0.386. The Morgan fingerprint density at radius 1 is 1.21 bits per heavy atom. The fourth-order valence-electron chi connectivity index (χ4n) is 2.41. The van der Waals surface area contributed by atoms with Crippen LogP contribution in [0.25, 0.3) is 16.6 Å². The molecule has 3 rings (SSSR count). The molecule has 0 saturated carbocycles. The Morgan fingerprint density at radius 2 is 1.92 bits per heavy atom. The number of hydrogen-bond acceptors (Lipinski definition) is 3. The second kappa shape index (κ2) is 6.20. The van der Waals surface area contributed by atoms with E-state index in [1.807, 2.05) is 6.92 Å². The van der Waals surface area contributed by atoms with E-state index in [0.717, 1.165) is 11.6 Å². The average Bonchev–Trinajstić information content (AvgIpc) is 2.51. The lowest BCUT2D eigenvalue weighted by Gasteiger charge is -2.12. The van der Waals surface area contributed by atoms with E-state index in [2.05, 4.69) is 4.98 Å². The van der Waals surface area contributed by atoms with Gasteiger partial charge in [0, 0.05) is 11.1 Å². The molecular weight excluding hydrogens is 374 g/mol. The second-order valence-corrected chi connectivity index (χ2v) is 6.36. The van der Waals surface area contributed by atoms with Crippen LogP contribution in [0.1, 0.15) is 5.56 Å². The fourth-order valence-corrected chi connectivity index (χ4v) is 3.10. The highest BCUT2D eigenvalue weighted by Gasteiger charge is 2.15. The minimum atomic E-state index is -0.631. The van der Waals surface area contributed by atoms with E-state index in [4.69, 9.17) is 40.2 Å². The van der Waals surface area contributed by atoms with E-state index in [1.165, 1.54) is 17.7 Å². The molecule has 0 bridgehead atoms.